The lowest BCUT2D eigenvalue weighted by Crippen LogP contribution is -2.74. The smallest absolute Gasteiger partial charge is 0.235 e. The molecule has 0 aliphatic carbocycles. The average molecular weight is 821 g/mol. The number of benzene rings is 9. The van der Waals surface area contributed by atoms with E-state index in [-0.39, 0.29) is 0 Å². The molecule has 296 valence electrons. The summed E-state index contributed by atoms with van der Waals surface area (Å²) in [7, 11) is -2.70. The fourth-order valence-corrected chi connectivity index (χ4v) is 14.7. The van der Waals surface area contributed by atoms with E-state index in [1.165, 1.54) is 42.6 Å². The van der Waals surface area contributed by atoms with E-state index in [9.17, 15) is 0 Å². The summed E-state index contributed by atoms with van der Waals surface area (Å²) in [5.74, 6) is 0.632. The van der Waals surface area contributed by atoms with Crippen LogP contribution < -0.4 is 20.7 Å². The van der Waals surface area contributed by atoms with Crippen LogP contribution in [0.2, 0.25) is 0 Å². The van der Waals surface area contributed by atoms with Crippen molar-refractivity contribution in [3.05, 3.63) is 243 Å². The third-order valence-corrected chi connectivity index (χ3v) is 17.5. The molecule has 0 atom stereocenters. The highest BCUT2D eigenvalue weighted by atomic mass is 28.3. The third kappa shape index (κ3) is 5.97. The lowest BCUT2D eigenvalue weighted by atomic mass is 10.1. The van der Waals surface area contributed by atoms with E-state index in [1.54, 1.807) is 0 Å². The SMILES string of the molecule is c1ccc(-c2cc(-c3ccc([Si](c4ccccc4)(c4ccccc4)c4ccccc4)cc3)nc(-n3c4ccccc4c4cc(-n5c6ccccc6c6ccccc65)ccc43)n2)cc1. The Hall–Kier alpha value is -8.12. The molecule has 12 aromatic rings. The van der Waals surface area contributed by atoms with Gasteiger partial charge >= 0.3 is 0 Å². The molecule has 0 spiro atoms. The predicted molar refractivity (Wildman–Crippen MR) is 265 cm³/mol. The van der Waals surface area contributed by atoms with Gasteiger partial charge in [0.1, 0.15) is 0 Å². The fourth-order valence-electron chi connectivity index (χ4n) is 9.91. The highest BCUT2D eigenvalue weighted by molar-refractivity contribution is 7.19. The zero-order valence-electron chi connectivity index (χ0n) is 34.4. The topological polar surface area (TPSA) is 35.6 Å². The van der Waals surface area contributed by atoms with E-state index < -0.39 is 8.07 Å². The van der Waals surface area contributed by atoms with E-state index in [0.717, 1.165) is 50.0 Å². The van der Waals surface area contributed by atoms with Crippen molar-refractivity contribution in [1.82, 2.24) is 19.1 Å². The molecule has 0 aliphatic heterocycles. The standard InChI is InChI=1S/C58H40N4Si/c1-5-19-41(20-6-1)52-40-53(42-33-36-47(37-34-42)63(44-21-7-2-8-22-44,45-23-9-3-10-24-45)46-25-11-4-12-26-46)60-58(59-52)62-56-32-18-15-29-50(56)51-39-43(35-38-57(51)62)61-54-30-16-13-27-48(54)49-28-14-17-31-55(49)61/h1-40H. The van der Waals surface area contributed by atoms with Gasteiger partial charge in [-0.2, -0.15) is 0 Å². The highest BCUT2D eigenvalue weighted by Crippen LogP contribution is 2.37. The van der Waals surface area contributed by atoms with Crippen LogP contribution in [0.1, 0.15) is 0 Å². The Morgan fingerprint density at radius 1 is 0.286 bits per heavy atom. The molecule has 4 nitrogen and oxygen atoms in total. The van der Waals surface area contributed by atoms with Crippen LogP contribution in [-0.4, -0.2) is 27.2 Å². The molecule has 12 rings (SSSR count). The summed E-state index contributed by atoms with van der Waals surface area (Å²) >= 11 is 0. The maximum Gasteiger partial charge on any atom is 0.235 e. The second kappa shape index (κ2) is 15.1. The molecular weight excluding hydrogens is 781 g/mol. The monoisotopic (exact) mass is 820 g/mol. The first kappa shape index (κ1) is 36.7. The normalized spacial score (nSPS) is 11.8. The number of fused-ring (bicyclic) bond motifs is 6. The summed E-state index contributed by atoms with van der Waals surface area (Å²) in [6, 6.07) is 87.8. The van der Waals surface area contributed by atoms with E-state index in [2.05, 4.69) is 252 Å². The van der Waals surface area contributed by atoms with Gasteiger partial charge in [-0.25, -0.2) is 9.97 Å². The molecule has 0 bridgehead atoms. The van der Waals surface area contributed by atoms with Crippen molar-refractivity contribution in [2.75, 3.05) is 0 Å². The Morgan fingerprint density at radius 2 is 0.667 bits per heavy atom. The van der Waals surface area contributed by atoms with Gasteiger partial charge in [0, 0.05) is 38.4 Å². The molecule has 0 radical (unpaired) electrons. The molecule has 3 heterocycles. The van der Waals surface area contributed by atoms with Gasteiger partial charge in [-0.1, -0.05) is 200 Å². The average Bonchev–Trinajstić information content (AvgIpc) is 3.88. The van der Waals surface area contributed by atoms with Gasteiger partial charge < -0.3 is 4.57 Å². The molecule has 0 unspecified atom stereocenters. The molecule has 5 heteroatoms. The molecule has 0 N–H and O–H groups in total. The van der Waals surface area contributed by atoms with Gasteiger partial charge in [0.05, 0.1) is 33.5 Å². The lowest BCUT2D eigenvalue weighted by molar-refractivity contribution is 0.995. The van der Waals surface area contributed by atoms with E-state index >= 15 is 0 Å². The van der Waals surface area contributed by atoms with Crippen LogP contribution in [0.15, 0.2) is 243 Å². The lowest BCUT2D eigenvalue weighted by Gasteiger charge is -2.34. The van der Waals surface area contributed by atoms with Crippen molar-refractivity contribution in [3.8, 4) is 34.2 Å². The van der Waals surface area contributed by atoms with Gasteiger partial charge in [0.2, 0.25) is 5.95 Å². The van der Waals surface area contributed by atoms with Crippen LogP contribution >= 0.6 is 0 Å². The molecular formula is C58H40N4Si. The minimum Gasteiger partial charge on any atom is -0.309 e. The van der Waals surface area contributed by atoms with Crippen molar-refractivity contribution in [2.45, 2.75) is 0 Å². The molecule has 3 aromatic heterocycles. The van der Waals surface area contributed by atoms with Crippen LogP contribution in [0, 0.1) is 0 Å². The zero-order chi connectivity index (χ0) is 41.7. The molecule has 9 aromatic carbocycles. The van der Waals surface area contributed by atoms with Crippen LogP contribution in [0.4, 0.5) is 0 Å². The Balaban J connectivity index is 1.05. The van der Waals surface area contributed by atoms with Crippen LogP contribution in [0.5, 0.6) is 0 Å². The molecule has 0 aliphatic rings. The first-order valence-electron chi connectivity index (χ1n) is 21.5. The van der Waals surface area contributed by atoms with Crippen LogP contribution in [0.25, 0.3) is 77.8 Å². The van der Waals surface area contributed by atoms with Gasteiger partial charge in [0.15, 0.2) is 8.07 Å². The number of hydrogen-bond donors (Lipinski definition) is 0. The fraction of sp³-hybridized carbons (Fsp3) is 0. The molecule has 0 saturated heterocycles. The van der Waals surface area contributed by atoms with Gasteiger partial charge in [-0.3, -0.25) is 4.57 Å². The summed E-state index contributed by atoms with van der Waals surface area (Å²) in [4.78, 5) is 10.8. The first-order valence-corrected chi connectivity index (χ1v) is 23.5. The second-order valence-corrected chi connectivity index (χ2v) is 20.0. The van der Waals surface area contributed by atoms with Crippen molar-refractivity contribution in [2.24, 2.45) is 0 Å². The Labute approximate surface area is 366 Å². The van der Waals surface area contributed by atoms with E-state index in [4.69, 9.17) is 9.97 Å². The van der Waals surface area contributed by atoms with Crippen molar-refractivity contribution in [1.29, 1.82) is 0 Å². The summed E-state index contributed by atoms with van der Waals surface area (Å²) < 4.78 is 4.62. The van der Waals surface area contributed by atoms with Crippen LogP contribution in [-0.2, 0) is 0 Å². The largest absolute Gasteiger partial charge is 0.309 e. The minimum absolute atomic E-state index is 0.632. The Morgan fingerprint density at radius 3 is 1.17 bits per heavy atom. The predicted octanol–water partition coefficient (Wildman–Crippen LogP) is 11.4. The first-order chi connectivity index (χ1) is 31.3. The molecule has 0 fully saturated rings. The number of para-hydroxylation sites is 3. The maximum absolute atomic E-state index is 5.45. The summed E-state index contributed by atoms with van der Waals surface area (Å²) in [5, 5.41) is 10.1. The summed E-state index contributed by atoms with van der Waals surface area (Å²) in [5.41, 5.74) is 9.41. The zero-order valence-corrected chi connectivity index (χ0v) is 35.4. The van der Waals surface area contributed by atoms with Crippen LogP contribution in [0.3, 0.4) is 0 Å². The quantitative estimate of drug-likeness (QED) is 0.113. The van der Waals surface area contributed by atoms with Crippen molar-refractivity contribution >= 4 is 72.4 Å². The minimum atomic E-state index is -2.70. The van der Waals surface area contributed by atoms with E-state index in [1.807, 2.05) is 0 Å². The number of nitrogens with zero attached hydrogens (tertiary/aromatic N) is 4. The molecule has 0 amide bonds. The van der Waals surface area contributed by atoms with Gasteiger partial charge in [-0.05, 0) is 63.2 Å². The maximum atomic E-state index is 5.45. The van der Waals surface area contributed by atoms with Crippen molar-refractivity contribution in [3.63, 3.8) is 0 Å². The van der Waals surface area contributed by atoms with Gasteiger partial charge in [0.25, 0.3) is 0 Å². The Bertz CT molecular complexity index is 3450. The Kier molecular flexibility index (Phi) is 8.80. The molecule has 0 saturated carbocycles. The van der Waals surface area contributed by atoms with Crippen molar-refractivity contribution < 1.29 is 0 Å². The number of aromatic nitrogens is 4. The van der Waals surface area contributed by atoms with E-state index in [0.29, 0.717) is 5.95 Å². The van der Waals surface area contributed by atoms with Gasteiger partial charge in [-0.15, -0.1) is 0 Å². The second-order valence-electron chi connectivity index (χ2n) is 16.2. The molecule has 63 heavy (non-hydrogen) atoms. The highest BCUT2D eigenvalue weighted by Gasteiger charge is 2.41. The number of hydrogen-bond acceptors (Lipinski definition) is 2. The summed E-state index contributed by atoms with van der Waals surface area (Å²) in [6.45, 7) is 0. The summed E-state index contributed by atoms with van der Waals surface area (Å²) in [6.07, 6.45) is 0. The number of rotatable bonds is 8. The third-order valence-electron chi connectivity index (χ3n) is 12.7.